The summed E-state index contributed by atoms with van der Waals surface area (Å²) >= 11 is 1.28. The van der Waals surface area contributed by atoms with E-state index in [0.29, 0.717) is 17.3 Å². The number of rotatable bonds is 5. The maximum absolute atomic E-state index is 13.2. The zero-order valence-corrected chi connectivity index (χ0v) is 14.4. The number of nitrogens with zero attached hydrogens (tertiary/aromatic N) is 4. The number of nitrogens with one attached hydrogen (secondary N) is 1. The molecule has 23 heavy (non-hydrogen) atoms. The van der Waals surface area contributed by atoms with Gasteiger partial charge in [-0.1, -0.05) is 23.9 Å². The zero-order valence-electron chi connectivity index (χ0n) is 13.6. The molecule has 0 atom stereocenters. The van der Waals surface area contributed by atoms with Gasteiger partial charge in [-0.15, -0.1) is 5.10 Å². The lowest BCUT2D eigenvalue weighted by Crippen LogP contribution is -2.26. The van der Waals surface area contributed by atoms with Crippen molar-refractivity contribution >= 4 is 17.7 Å². The van der Waals surface area contributed by atoms with Gasteiger partial charge < -0.3 is 5.32 Å². The second-order valence-electron chi connectivity index (χ2n) is 6.19. The van der Waals surface area contributed by atoms with Gasteiger partial charge in [-0.3, -0.25) is 4.79 Å². The molecule has 1 aromatic carbocycles. The summed E-state index contributed by atoms with van der Waals surface area (Å²) < 4.78 is 14.9. The van der Waals surface area contributed by atoms with Gasteiger partial charge in [0.1, 0.15) is 5.82 Å². The highest BCUT2D eigenvalue weighted by Gasteiger charge is 2.20. The largest absolute Gasteiger partial charge is 0.351 e. The summed E-state index contributed by atoms with van der Waals surface area (Å²) in [4.78, 5) is 11.9. The molecule has 8 heteroatoms. The van der Waals surface area contributed by atoms with E-state index in [-0.39, 0.29) is 23.0 Å². The molecule has 0 aliphatic heterocycles. The van der Waals surface area contributed by atoms with E-state index in [1.807, 2.05) is 20.8 Å². The van der Waals surface area contributed by atoms with Crippen molar-refractivity contribution in [2.24, 2.45) is 0 Å². The van der Waals surface area contributed by atoms with Crippen LogP contribution in [0.1, 0.15) is 31.9 Å². The van der Waals surface area contributed by atoms with Crippen molar-refractivity contribution < 1.29 is 9.18 Å². The first kappa shape index (κ1) is 17.4. The molecule has 1 heterocycles. The minimum absolute atomic E-state index is 0.125. The molecule has 0 spiro atoms. The minimum atomic E-state index is -0.246. The Bertz CT molecular complexity index is 695. The topological polar surface area (TPSA) is 72.7 Å². The molecule has 0 aliphatic carbocycles. The lowest BCUT2D eigenvalue weighted by Gasteiger charge is -2.19. The normalized spacial score (nSPS) is 11.5. The average molecular weight is 337 g/mol. The first-order valence-electron chi connectivity index (χ1n) is 7.21. The summed E-state index contributed by atoms with van der Waals surface area (Å²) in [5.41, 5.74) is 1.19. The fourth-order valence-corrected chi connectivity index (χ4v) is 2.78. The van der Waals surface area contributed by atoms with Gasteiger partial charge in [0.25, 0.3) is 0 Å². The number of amides is 1. The maximum atomic E-state index is 13.2. The van der Waals surface area contributed by atoms with Crippen LogP contribution in [0.2, 0.25) is 0 Å². The Morgan fingerprint density at radius 3 is 2.78 bits per heavy atom. The standard InChI is InChI=1S/C15H20FN5OS/c1-10-7-11(5-6-12(10)16)8-17-13(22)9-23-14-18-19-20-21(14)15(2,3)4/h5-7H,8-9H2,1-4H3,(H,17,22). The Hall–Kier alpha value is -1.96. The van der Waals surface area contributed by atoms with Crippen LogP contribution in [0.15, 0.2) is 23.4 Å². The van der Waals surface area contributed by atoms with Gasteiger partial charge in [0, 0.05) is 6.54 Å². The fourth-order valence-electron chi connectivity index (χ4n) is 1.89. The molecule has 0 saturated heterocycles. The molecule has 2 rings (SSSR count). The van der Waals surface area contributed by atoms with Crippen LogP contribution >= 0.6 is 11.8 Å². The third kappa shape index (κ3) is 4.75. The van der Waals surface area contributed by atoms with E-state index in [9.17, 15) is 9.18 Å². The van der Waals surface area contributed by atoms with Crippen LogP contribution < -0.4 is 5.32 Å². The Morgan fingerprint density at radius 1 is 1.39 bits per heavy atom. The maximum Gasteiger partial charge on any atom is 0.230 e. The molecule has 124 valence electrons. The number of aromatic nitrogens is 4. The zero-order chi connectivity index (χ0) is 17.0. The SMILES string of the molecule is Cc1cc(CNC(=O)CSc2nnnn2C(C)(C)C)ccc1F. The molecule has 1 N–H and O–H groups in total. The Labute approximate surface area is 138 Å². The number of aryl methyl sites for hydroxylation is 1. The van der Waals surface area contributed by atoms with Gasteiger partial charge >= 0.3 is 0 Å². The van der Waals surface area contributed by atoms with Crippen molar-refractivity contribution in [3.63, 3.8) is 0 Å². The number of carbonyl (C=O) groups is 1. The van der Waals surface area contributed by atoms with Gasteiger partial charge in [-0.2, -0.15) is 0 Å². The number of hydrogen-bond donors (Lipinski definition) is 1. The Balaban J connectivity index is 1.86. The summed E-state index contributed by atoms with van der Waals surface area (Å²) in [5.74, 6) is -0.151. The van der Waals surface area contributed by atoms with Crippen LogP contribution in [-0.2, 0) is 16.9 Å². The monoisotopic (exact) mass is 337 g/mol. The van der Waals surface area contributed by atoms with Crippen LogP contribution in [0, 0.1) is 12.7 Å². The van der Waals surface area contributed by atoms with Crippen LogP contribution in [-0.4, -0.2) is 31.9 Å². The molecule has 0 fully saturated rings. The van der Waals surface area contributed by atoms with Gasteiger partial charge in [0.15, 0.2) is 0 Å². The van der Waals surface area contributed by atoms with E-state index < -0.39 is 0 Å². The van der Waals surface area contributed by atoms with Crippen LogP contribution in [0.3, 0.4) is 0 Å². The first-order chi connectivity index (χ1) is 10.8. The highest BCUT2D eigenvalue weighted by molar-refractivity contribution is 7.99. The van der Waals surface area contributed by atoms with Crippen molar-refractivity contribution in [2.75, 3.05) is 5.75 Å². The summed E-state index contributed by atoms with van der Waals surface area (Å²) in [7, 11) is 0. The van der Waals surface area contributed by atoms with E-state index in [0.717, 1.165) is 5.56 Å². The van der Waals surface area contributed by atoms with Gasteiger partial charge in [0.05, 0.1) is 11.3 Å². The summed E-state index contributed by atoms with van der Waals surface area (Å²) in [6.45, 7) is 8.03. The predicted molar refractivity (Wildman–Crippen MR) is 86.5 cm³/mol. The van der Waals surface area contributed by atoms with E-state index in [4.69, 9.17) is 0 Å². The van der Waals surface area contributed by atoms with E-state index >= 15 is 0 Å². The predicted octanol–water partition coefficient (Wildman–Crippen LogP) is 2.28. The van der Waals surface area contributed by atoms with Gasteiger partial charge in [-0.25, -0.2) is 9.07 Å². The molecular weight excluding hydrogens is 317 g/mol. The number of thioether (sulfide) groups is 1. The molecule has 2 aromatic rings. The second kappa shape index (κ2) is 7.08. The summed E-state index contributed by atoms with van der Waals surface area (Å²) in [6, 6.07) is 4.79. The van der Waals surface area contributed by atoms with Gasteiger partial charge in [0.2, 0.25) is 11.1 Å². The van der Waals surface area contributed by atoms with Crippen molar-refractivity contribution in [2.45, 2.75) is 44.9 Å². The van der Waals surface area contributed by atoms with E-state index in [1.165, 1.54) is 17.8 Å². The molecule has 6 nitrogen and oxygen atoms in total. The summed E-state index contributed by atoms with van der Waals surface area (Å²) in [5, 5.41) is 14.9. The minimum Gasteiger partial charge on any atom is -0.351 e. The van der Waals surface area contributed by atoms with Crippen molar-refractivity contribution in [1.82, 2.24) is 25.5 Å². The second-order valence-corrected chi connectivity index (χ2v) is 7.14. The Morgan fingerprint density at radius 2 is 2.13 bits per heavy atom. The molecule has 0 unspecified atom stereocenters. The first-order valence-corrected chi connectivity index (χ1v) is 8.19. The third-order valence-corrected chi connectivity index (χ3v) is 4.04. The lowest BCUT2D eigenvalue weighted by molar-refractivity contribution is -0.118. The van der Waals surface area contributed by atoms with E-state index in [1.54, 1.807) is 23.7 Å². The molecule has 0 bridgehead atoms. The van der Waals surface area contributed by atoms with E-state index in [2.05, 4.69) is 20.8 Å². The highest BCUT2D eigenvalue weighted by atomic mass is 32.2. The molecule has 1 aromatic heterocycles. The average Bonchev–Trinajstić information content (AvgIpc) is 2.95. The van der Waals surface area contributed by atoms with Crippen molar-refractivity contribution in [3.05, 3.63) is 35.1 Å². The highest BCUT2D eigenvalue weighted by Crippen LogP contribution is 2.21. The third-order valence-electron chi connectivity index (χ3n) is 3.12. The smallest absolute Gasteiger partial charge is 0.230 e. The number of hydrogen-bond acceptors (Lipinski definition) is 5. The number of tetrazole rings is 1. The van der Waals surface area contributed by atoms with Crippen molar-refractivity contribution in [3.8, 4) is 0 Å². The number of carbonyl (C=O) groups excluding carboxylic acids is 1. The number of benzene rings is 1. The van der Waals surface area contributed by atoms with Crippen molar-refractivity contribution in [1.29, 1.82) is 0 Å². The van der Waals surface area contributed by atoms with Crippen LogP contribution in [0.5, 0.6) is 0 Å². The molecule has 0 aliphatic rings. The quantitative estimate of drug-likeness (QED) is 0.848. The molecular formula is C15H20FN5OS. The summed E-state index contributed by atoms with van der Waals surface area (Å²) in [6.07, 6.45) is 0. The van der Waals surface area contributed by atoms with Crippen LogP contribution in [0.25, 0.3) is 0 Å². The lowest BCUT2D eigenvalue weighted by atomic mass is 10.1. The molecule has 0 saturated carbocycles. The molecule has 1 amide bonds. The Kier molecular flexibility index (Phi) is 5.35. The fraction of sp³-hybridized carbons (Fsp3) is 0.467. The van der Waals surface area contributed by atoms with Crippen LogP contribution in [0.4, 0.5) is 4.39 Å². The number of halogens is 1. The van der Waals surface area contributed by atoms with Gasteiger partial charge in [-0.05, 0) is 55.3 Å². The molecule has 0 radical (unpaired) electrons.